The maximum absolute atomic E-state index is 13.2. The Morgan fingerprint density at radius 2 is 1.81 bits per heavy atom. The molecule has 0 aliphatic carbocycles. The molecule has 0 fully saturated rings. The lowest BCUT2D eigenvalue weighted by Gasteiger charge is -2.16. The molecular formula is C16H18FNO2S. The maximum atomic E-state index is 13.2. The monoisotopic (exact) mass is 307 g/mol. The van der Waals surface area contributed by atoms with Crippen molar-refractivity contribution in [3.8, 4) is 0 Å². The molecule has 112 valence electrons. The smallest absolute Gasteiger partial charge is 0.178 e. The van der Waals surface area contributed by atoms with Gasteiger partial charge in [-0.05, 0) is 48.9 Å². The Hall–Kier alpha value is -1.88. The fourth-order valence-corrected chi connectivity index (χ4v) is 2.92. The van der Waals surface area contributed by atoms with Crippen LogP contribution >= 0.6 is 0 Å². The van der Waals surface area contributed by atoms with Crippen molar-refractivity contribution in [2.24, 2.45) is 0 Å². The van der Waals surface area contributed by atoms with Gasteiger partial charge in [0.25, 0.3) is 0 Å². The molecule has 1 N–H and O–H groups in total. The molecule has 0 spiro atoms. The van der Waals surface area contributed by atoms with Crippen LogP contribution in [0.5, 0.6) is 0 Å². The number of nitrogens with one attached hydrogen (secondary N) is 1. The van der Waals surface area contributed by atoms with E-state index < -0.39 is 9.84 Å². The first kappa shape index (κ1) is 15.5. The van der Waals surface area contributed by atoms with E-state index in [2.05, 4.69) is 5.32 Å². The van der Waals surface area contributed by atoms with Gasteiger partial charge in [-0.3, -0.25) is 0 Å². The van der Waals surface area contributed by atoms with Gasteiger partial charge in [-0.1, -0.05) is 19.1 Å². The van der Waals surface area contributed by atoms with E-state index in [9.17, 15) is 12.8 Å². The van der Waals surface area contributed by atoms with E-state index in [0.717, 1.165) is 11.3 Å². The molecule has 0 aliphatic rings. The minimum absolute atomic E-state index is 0.0747. The summed E-state index contributed by atoms with van der Waals surface area (Å²) in [4.78, 5) is 0.314. The number of benzene rings is 2. The predicted octanol–water partition coefficient (Wildman–Crippen LogP) is 3.79. The topological polar surface area (TPSA) is 46.2 Å². The Labute approximate surface area is 124 Å². The number of halogens is 1. The minimum Gasteiger partial charge on any atom is -0.379 e. The predicted molar refractivity (Wildman–Crippen MR) is 82.6 cm³/mol. The molecule has 1 unspecified atom stereocenters. The van der Waals surface area contributed by atoms with Crippen molar-refractivity contribution < 1.29 is 12.8 Å². The van der Waals surface area contributed by atoms with Gasteiger partial charge in [-0.15, -0.1) is 0 Å². The average Bonchev–Trinajstić information content (AvgIpc) is 2.48. The molecule has 0 aliphatic heterocycles. The fraction of sp³-hybridized carbons (Fsp3) is 0.250. The fourth-order valence-electron chi connectivity index (χ4n) is 2.03. The van der Waals surface area contributed by atoms with Crippen molar-refractivity contribution in [2.45, 2.75) is 24.8 Å². The average molecular weight is 307 g/mol. The first-order valence-electron chi connectivity index (χ1n) is 6.77. The SMILES string of the molecule is CCS(=O)(=O)c1ccc(NC(C)c2cccc(F)c2)cc1. The summed E-state index contributed by atoms with van der Waals surface area (Å²) in [6.07, 6.45) is 0. The van der Waals surface area contributed by atoms with Crippen molar-refractivity contribution >= 4 is 15.5 Å². The van der Waals surface area contributed by atoms with Gasteiger partial charge in [0.15, 0.2) is 9.84 Å². The lowest BCUT2D eigenvalue weighted by molar-refractivity contribution is 0.597. The summed E-state index contributed by atoms with van der Waals surface area (Å²) in [5, 5.41) is 3.22. The van der Waals surface area contributed by atoms with Gasteiger partial charge in [-0.25, -0.2) is 12.8 Å². The van der Waals surface area contributed by atoms with Crippen LogP contribution in [0.25, 0.3) is 0 Å². The van der Waals surface area contributed by atoms with E-state index in [1.54, 1.807) is 37.3 Å². The molecule has 0 bridgehead atoms. The van der Waals surface area contributed by atoms with Crippen LogP contribution in [0.1, 0.15) is 25.5 Å². The van der Waals surface area contributed by atoms with Crippen LogP contribution in [0, 0.1) is 5.82 Å². The van der Waals surface area contributed by atoms with E-state index in [0.29, 0.717) is 4.90 Å². The molecule has 0 amide bonds. The highest BCUT2D eigenvalue weighted by Crippen LogP contribution is 2.21. The van der Waals surface area contributed by atoms with Crippen molar-refractivity contribution in [3.63, 3.8) is 0 Å². The van der Waals surface area contributed by atoms with E-state index in [1.165, 1.54) is 12.1 Å². The van der Waals surface area contributed by atoms with Crippen LogP contribution in [-0.2, 0) is 9.84 Å². The quantitative estimate of drug-likeness (QED) is 0.914. The van der Waals surface area contributed by atoms with E-state index in [-0.39, 0.29) is 17.6 Å². The molecule has 2 aromatic carbocycles. The van der Waals surface area contributed by atoms with Gasteiger partial charge in [-0.2, -0.15) is 0 Å². The summed E-state index contributed by atoms with van der Waals surface area (Å²) >= 11 is 0. The molecule has 5 heteroatoms. The molecule has 0 radical (unpaired) electrons. The van der Waals surface area contributed by atoms with Gasteiger partial charge < -0.3 is 5.32 Å². The Morgan fingerprint density at radius 1 is 1.14 bits per heavy atom. The maximum Gasteiger partial charge on any atom is 0.178 e. The van der Waals surface area contributed by atoms with Gasteiger partial charge >= 0.3 is 0 Å². The highest BCUT2D eigenvalue weighted by Gasteiger charge is 2.11. The molecule has 2 rings (SSSR count). The number of hydrogen-bond donors (Lipinski definition) is 1. The molecule has 1 atom stereocenters. The van der Waals surface area contributed by atoms with Crippen molar-refractivity contribution in [2.75, 3.05) is 11.1 Å². The summed E-state index contributed by atoms with van der Waals surface area (Å²) in [6.45, 7) is 3.54. The second-order valence-electron chi connectivity index (χ2n) is 4.85. The van der Waals surface area contributed by atoms with Crippen LogP contribution in [-0.4, -0.2) is 14.2 Å². The Kier molecular flexibility index (Phi) is 4.63. The lowest BCUT2D eigenvalue weighted by atomic mass is 10.1. The van der Waals surface area contributed by atoms with Crippen LogP contribution in [0.15, 0.2) is 53.4 Å². The molecule has 2 aromatic rings. The zero-order chi connectivity index (χ0) is 15.5. The molecular weight excluding hydrogens is 289 g/mol. The first-order chi connectivity index (χ1) is 9.92. The lowest BCUT2D eigenvalue weighted by Crippen LogP contribution is -2.07. The van der Waals surface area contributed by atoms with Crippen LogP contribution in [0.4, 0.5) is 10.1 Å². The third-order valence-corrected chi connectivity index (χ3v) is 5.08. The standard InChI is InChI=1S/C16H18FNO2S/c1-3-21(19,20)16-9-7-15(8-10-16)18-12(2)13-5-4-6-14(17)11-13/h4-12,18H,3H2,1-2H3. The number of hydrogen-bond acceptors (Lipinski definition) is 3. The number of anilines is 1. The third kappa shape index (κ3) is 3.82. The van der Waals surface area contributed by atoms with Crippen molar-refractivity contribution in [1.82, 2.24) is 0 Å². The van der Waals surface area contributed by atoms with E-state index in [1.807, 2.05) is 13.0 Å². The summed E-state index contributed by atoms with van der Waals surface area (Å²) in [5.74, 6) is -0.190. The molecule has 0 saturated carbocycles. The molecule has 21 heavy (non-hydrogen) atoms. The Morgan fingerprint density at radius 3 is 2.38 bits per heavy atom. The summed E-state index contributed by atoms with van der Waals surface area (Å²) in [6, 6.07) is 12.9. The van der Waals surface area contributed by atoms with Gasteiger partial charge in [0.05, 0.1) is 10.6 Å². The van der Waals surface area contributed by atoms with Crippen molar-refractivity contribution in [3.05, 3.63) is 59.9 Å². The molecule has 3 nitrogen and oxygen atoms in total. The van der Waals surface area contributed by atoms with Gasteiger partial charge in [0.1, 0.15) is 5.82 Å². The zero-order valence-electron chi connectivity index (χ0n) is 12.0. The number of sulfone groups is 1. The highest BCUT2D eigenvalue weighted by atomic mass is 32.2. The number of rotatable bonds is 5. The minimum atomic E-state index is -3.18. The normalized spacial score (nSPS) is 12.9. The second-order valence-corrected chi connectivity index (χ2v) is 7.13. The Bertz CT molecular complexity index is 711. The van der Waals surface area contributed by atoms with Gasteiger partial charge in [0.2, 0.25) is 0 Å². The van der Waals surface area contributed by atoms with Crippen LogP contribution < -0.4 is 5.32 Å². The second kappa shape index (κ2) is 6.26. The Balaban J connectivity index is 2.14. The molecule has 0 heterocycles. The summed E-state index contributed by atoms with van der Waals surface area (Å²) in [5.41, 5.74) is 1.63. The first-order valence-corrected chi connectivity index (χ1v) is 8.42. The summed E-state index contributed by atoms with van der Waals surface area (Å²) in [7, 11) is -3.18. The van der Waals surface area contributed by atoms with Crippen LogP contribution in [0.3, 0.4) is 0 Å². The van der Waals surface area contributed by atoms with E-state index >= 15 is 0 Å². The molecule has 0 saturated heterocycles. The van der Waals surface area contributed by atoms with E-state index in [4.69, 9.17) is 0 Å². The highest BCUT2D eigenvalue weighted by molar-refractivity contribution is 7.91. The summed E-state index contributed by atoms with van der Waals surface area (Å²) < 4.78 is 36.7. The van der Waals surface area contributed by atoms with Crippen LogP contribution in [0.2, 0.25) is 0 Å². The molecule has 0 aromatic heterocycles. The van der Waals surface area contributed by atoms with Gasteiger partial charge in [0, 0.05) is 11.7 Å². The van der Waals surface area contributed by atoms with Crippen molar-refractivity contribution in [1.29, 1.82) is 0 Å². The zero-order valence-corrected chi connectivity index (χ0v) is 12.8. The third-order valence-electron chi connectivity index (χ3n) is 3.33. The largest absolute Gasteiger partial charge is 0.379 e.